The molecule has 0 spiro atoms. The molecule has 0 bridgehead atoms. The number of hydrogen-bond donors (Lipinski definition) is 0. The van der Waals surface area contributed by atoms with Gasteiger partial charge in [0.15, 0.2) is 5.69 Å². The zero-order valence-electron chi connectivity index (χ0n) is 16.1. The lowest BCUT2D eigenvalue weighted by molar-refractivity contribution is 0.0817. The lowest BCUT2D eigenvalue weighted by Gasteiger charge is -2.25. The van der Waals surface area contributed by atoms with Crippen LogP contribution in [-0.2, 0) is 0 Å². The Kier molecular flexibility index (Phi) is 9.08. The predicted molar refractivity (Wildman–Crippen MR) is 99.9 cm³/mol. The third-order valence-corrected chi connectivity index (χ3v) is 3.66. The van der Waals surface area contributed by atoms with Gasteiger partial charge < -0.3 is 19.4 Å². The molecule has 1 aromatic heterocycles. The van der Waals surface area contributed by atoms with Gasteiger partial charge in [0.2, 0.25) is 5.88 Å². The molecule has 0 N–H and O–H groups in total. The lowest BCUT2D eigenvalue weighted by atomic mass is 10.2. The van der Waals surface area contributed by atoms with Gasteiger partial charge in [-0.1, -0.05) is 6.08 Å². The van der Waals surface area contributed by atoms with Gasteiger partial charge in [0.25, 0.3) is 5.91 Å². The van der Waals surface area contributed by atoms with E-state index in [0.717, 1.165) is 32.5 Å². The van der Waals surface area contributed by atoms with E-state index in [9.17, 15) is 4.79 Å². The summed E-state index contributed by atoms with van der Waals surface area (Å²) in [6, 6.07) is 0. The Hall–Kier alpha value is -1.99. The first-order valence-corrected chi connectivity index (χ1v) is 8.48. The van der Waals surface area contributed by atoms with Gasteiger partial charge in [0.05, 0.1) is 12.4 Å². The highest BCUT2D eigenvalue weighted by atomic mass is 16.5. The van der Waals surface area contributed by atoms with E-state index < -0.39 is 0 Å². The van der Waals surface area contributed by atoms with E-state index in [0.29, 0.717) is 5.88 Å². The van der Waals surface area contributed by atoms with Crippen molar-refractivity contribution in [2.24, 2.45) is 0 Å². The molecule has 0 unspecified atom stereocenters. The molecule has 0 aliphatic heterocycles. The molecule has 1 atom stereocenters. The Labute approximate surface area is 151 Å². The second-order valence-electron chi connectivity index (χ2n) is 6.61. The summed E-state index contributed by atoms with van der Waals surface area (Å²) in [6.07, 6.45) is 6.54. The highest BCUT2D eigenvalue weighted by molar-refractivity contribution is 5.91. The third-order valence-electron chi connectivity index (χ3n) is 3.66. The van der Waals surface area contributed by atoms with Crippen LogP contribution in [0.25, 0.3) is 0 Å². The minimum atomic E-state index is -0.191. The molecule has 0 radical (unpaired) electrons. The number of allylic oxidation sites excluding steroid dienone is 1. The number of carbonyl (C=O) groups excluding carboxylic acids is 1. The summed E-state index contributed by atoms with van der Waals surface area (Å²) >= 11 is 0. The number of aromatic nitrogens is 2. The van der Waals surface area contributed by atoms with Gasteiger partial charge in [0.1, 0.15) is 6.10 Å². The van der Waals surface area contributed by atoms with Crippen molar-refractivity contribution in [3.8, 4) is 5.88 Å². The number of amides is 1. The third kappa shape index (κ3) is 8.09. The molecule has 1 rings (SSSR count). The zero-order chi connectivity index (χ0) is 18.8. The van der Waals surface area contributed by atoms with Crippen LogP contribution in [0, 0.1) is 0 Å². The van der Waals surface area contributed by atoms with Crippen molar-refractivity contribution in [2.45, 2.75) is 18.9 Å². The predicted octanol–water partition coefficient (Wildman–Crippen LogP) is 1.39. The number of nitrogens with zero attached hydrogens (tertiary/aromatic N) is 5. The molecule has 0 aromatic carbocycles. The fraction of sp³-hybridized carbons (Fsp3) is 0.611. The second-order valence-corrected chi connectivity index (χ2v) is 6.61. The van der Waals surface area contributed by atoms with E-state index in [1.54, 1.807) is 20.3 Å². The van der Waals surface area contributed by atoms with Gasteiger partial charge in [-0.2, -0.15) is 0 Å². The smallest absolute Gasteiger partial charge is 0.273 e. The first-order chi connectivity index (χ1) is 11.8. The molecular formula is C18H31N5O2. The van der Waals surface area contributed by atoms with Crippen molar-refractivity contribution in [3.05, 3.63) is 30.7 Å². The van der Waals surface area contributed by atoms with Crippen molar-refractivity contribution >= 4 is 5.91 Å². The summed E-state index contributed by atoms with van der Waals surface area (Å²) in [5.74, 6) is 0.187. The van der Waals surface area contributed by atoms with E-state index >= 15 is 0 Å². The quantitative estimate of drug-likeness (QED) is 0.563. The average Bonchev–Trinajstić information content (AvgIpc) is 2.57. The lowest BCUT2D eigenvalue weighted by Crippen LogP contribution is -2.37. The fourth-order valence-electron chi connectivity index (χ4n) is 2.21. The molecule has 0 aliphatic carbocycles. The van der Waals surface area contributed by atoms with Crippen LogP contribution in [0.3, 0.4) is 0 Å². The molecule has 1 heterocycles. The maximum atomic E-state index is 12.0. The molecule has 140 valence electrons. The van der Waals surface area contributed by atoms with Gasteiger partial charge in [-0.25, -0.2) is 4.98 Å². The Bertz CT molecular complexity index is 548. The molecular weight excluding hydrogens is 318 g/mol. The SMILES string of the molecule is C=CCC[C@H](CN(C)CCN(C)C)Oc1cncc(C(=O)N(C)C)n1. The normalized spacial score (nSPS) is 12.3. The molecule has 7 nitrogen and oxygen atoms in total. The number of hydrogen-bond acceptors (Lipinski definition) is 6. The topological polar surface area (TPSA) is 61.8 Å². The van der Waals surface area contributed by atoms with Gasteiger partial charge in [-0.15, -0.1) is 6.58 Å². The zero-order valence-corrected chi connectivity index (χ0v) is 16.1. The molecule has 1 amide bonds. The van der Waals surface area contributed by atoms with E-state index in [4.69, 9.17) is 4.74 Å². The Morgan fingerprint density at radius 3 is 2.56 bits per heavy atom. The molecule has 0 aliphatic rings. The summed E-state index contributed by atoms with van der Waals surface area (Å²) in [5, 5.41) is 0. The molecule has 0 saturated carbocycles. The first kappa shape index (κ1) is 21.1. The molecule has 25 heavy (non-hydrogen) atoms. The molecule has 0 fully saturated rings. The minimum Gasteiger partial charge on any atom is -0.472 e. The largest absolute Gasteiger partial charge is 0.472 e. The first-order valence-electron chi connectivity index (χ1n) is 8.48. The van der Waals surface area contributed by atoms with Crippen molar-refractivity contribution in [1.29, 1.82) is 0 Å². The number of ether oxygens (including phenoxy) is 1. The Balaban J connectivity index is 2.75. The van der Waals surface area contributed by atoms with Gasteiger partial charge in [0, 0.05) is 33.7 Å². The summed E-state index contributed by atoms with van der Waals surface area (Å²) < 4.78 is 6.02. The number of carbonyl (C=O) groups is 1. The summed E-state index contributed by atoms with van der Waals surface area (Å²) in [6.45, 7) is 6.49. The summed E-state index contributed by atoms with van der Waals surface area (Å²) in [5.41, 5.74) is 0.283. The Morgan fingerprint density at radius 1 is 1.24 bits per heavy atom. The van der Waals surface area contributed by atoms with Gasteiger partial charge in [-0.3, -0.25) is 9.78 Å². The molecule has 7 heteroatoms. The number of likely N-dealkylation sites (N-methyl/N-ethyl adjacent to an activating group) is 2. The van der Waals surface area contributed by atoms with Gasteiger partial charge >= 0.3 is 0 Å². The Morgan fingerprint density at radius 2 is 1.96 bits per heavy atom. The minimum absolute atomic E-state index is 0.0378. The maximum absolute atomic E-state index is 12.0. The highest BCUT2D eigenvalue weighted by Gasteiger charge is 2.16. The van der Waals surface area contributed by atoms with Crippen molar-refractivity contribution in [3.63, 3.8) is 0 Å². The van der Waals surface area contributed by atoms with Crippen LogP contribution in [0.4, 0.5) is 0 Å². The highest BCUT2D eigenvalue weighted by Crippen LogP contribution is 2.13. The van der Waals surface area contributed by atoms with Crippen LogP contribution in [-0.4, -0.2) is 91.6 Å². The van der Waals surface area contributed by atoms with Gasteiger partial charge in [-0.05, 0) is 34.0 Å². The van der Waals surface area contributed by atoms with Crippen molar-refractivity contribution < 1.29 is 9.53 Å². The van der Waals surface area contributed by atoms with E-state index in [1.165, 1.54) is 11.1 Å². The van der Waals surface area contributed by atoms with Crippen LogP contribution in [0.2, 0.25) is 0 Å². The van der Waals surface area contributed by atoms with Crippen LogP contribution >= 0.6 is 0 Å². The van der Waals surface area contributed by atoms with Crippen LogP contribution in [0.5, 0.6) is 5.88 Å². The maximum Gasteiger partial charge on any atom is 0.273 e. The summed E-state index contributed by atoms with van der Waals surface area (Å²) in [4.78, 5) is 26.3. The number of rotatable bonds is 11. The average molecular weight is 349 g/mol. The fourth-order valence-corrected chi connectivity index (χ4v) is 2.21. The van der Waals surface area contributed by atoms with Crippen molar-refractivity contribution in [2.75, 3.05) is 54.9 Å². The van der Waals surface area contributed by atoms with Crippen LogP contribution in [0.1, 0.15) is 23.3 Å². The standard InChI is InChI=1S/C18H31N5O2/c1-7-8-9-15(14-23(6)11-10-21(2)3)25-17-13-19-12-16(20-17)18(24)22(4)5/h7,12-13,15H,1,8-11,14H2,2-6H3/t15-/m1/s1. The summed E-state index contributed by atoms with van der Waals surface area (Å²) in [7, 11) is 9.56. The monoisotopic (exact) mass is 349 g/mol. The van der Waals surface area contributed by atoms with Crippen molar-refractivity contribution in [1.82, 2.24) is 24.7 Å². The van der Waals surface area contributed by atoms with E-state index in [2.05, 4.69) is 47.5 Å². The van der Waals surface area contributed by atoms with Crippen LogP contribution in [0.15, 0.2) is 25.0 Å². The second kappa shape index (κ2) is 10.8. The van der Waals surface area contributed by atoms with E-state index in [1.807, 2.05) is 6.08 Å². The molecule has 0 saturated heterocycles. The van der Waals surface area contributed by atoms with E-state index in [-0.39, 0.29) is 17.7 Å². The van der Waals surface area contributed by atoms with Crippen LogP contribution < -0.4 is 4.74 Å². The molecule has 1 aromatic rings.